The van der Waals surface area contributed by atoms with Gasteiger partial charge in [-0.1, -0.05) is 54.6 Å². The lowest BCUT2D eigenvalue weighted by atomic mass is 10.1. The molecule has 2 amide bonds. The molecule has 0 aliphatic carbocycles. The highest BCUT2D eigenvalue weighted by Crippen LogP contribution is 2.37. The molecule has 0 saturated carbocycles. The molecule has 0 spiro atoms. The Balaban J connectivity index is 1.37. The van der Waals surface area contributed by atoms with Crippen LogP contribution >= 0.6 is 11.8 Å². The molecule has 0 aromatic heterocycles. The smallest absolute Gasteiger partial charge is 0.346 e. The van der Waals surface area contributed by atoms with Crippen molar-refractivity contribution >= 4 is 55.6 Å². The van der Waals surface area contributed by atoms with E-state index in [1.807, 2.05) is 42.5 Å². The Morgan fingerprint density at radius 2 is 1.65 bits per heavy atom. The molecule has 1 fully saturated rings. The van der Waals surface area contributed by atoms with Crippen molar-refractivity contribution in [2.24, 2.45) is 0 Å². The van der Waals surface area contributed by atoms with Crippen LogP contribution in [0.1, 0.15) is 11.1 Å². The number of fused-ring (bicyclic) bond motifs is 1. The van der Waals surface area contributed by atoms with Gasteiger partial charge in [-0.2, -0.15) is 8.42 Å². The molecule has 0 atom stereocenters. The molecule has 1 aliphatic rings. The Kier molecular flexibility index (Phi) is 7.28. The summed E-state index contributed by atoms with van der Waals surface area (Å²) in [6.07, 6.45) is 1.49. The van der Waals surface area contributed by atoms with Gasteiger partial charge < -0.3 is 8.92 Å². The third-order valence-electron chi connectivity index (χ3n) is 6.04. The average Bonchev–Trinajstić information content (AvgIpc) is 3.20. The van der Waals surface area contributed by atoms with Crippen molar-refractivity contribution in [3.8, 4) is 11.5 Å². The van der Waals surface area contributed by atoms with Gasteiger partial charge in [0.2, 0.25) is 0 Å². The summed E-state index contributed by atoms with van der Waals surface area (Å²) < 4.78 is 36.1. The fourth-order valence-electron chi connectivity index (χ4n) is 4.13. The summed E-state index contributed by atoms with van der Waals surface area (Å²) in [6, 6.07) is 22.6. The van der Waals surface area contributed by atoms with E-state index in [0.29, 0.717) is 5.56 Å². The highest BCUT2D eigenvalue weighted by Gasteiger charge is 2.35. The van der Waals surface area contributed by atoms with Gasteiger partial charge in [-0.25, -0.2) is 0 Å². The largest absolute Gasteiger partial charge is 0.493 e. The molecule has 4 aromatic rings. The van der Waals surface area contributed by atoms with E-state index in [2.05, 4.69) is 0 Å². The maximum Gasteiger partial charge on any atom is 0.346 e. The predicted molar refractivity (Wildman–Crippen MR) is 149 cm³/mol. The van der Waals surface area contributed by atoms with Gasteiger partial charge in [-0.3, -0.25) is 24.6 Å². The number of hydrogen-bond donors (Lipinski definition) is 0. The number of amides is 2. The SMILES string of the molecule is COc1cc(/C=C2\SC(=O)N(Cc3ccc4ccccc4c3)C2=O)ccc1OS(=O)(=O)c1ccccc1[N+](=O)[O-]. The van der Waals surface area contributed by atoms with E-state index in [4.69, 9.17) is 8.92 Å². The Hall–Kier alpha value is -4.68. The normalized spacial score (nSPS) is 14.6. The summed E-state index contributed by atoms with van der Waals surface area (Å²) in [6.45, 7) is 0.117. The number of thioether (sulfide) groups is 1. The number of carbonyl (C=O) groups is 2. The quantitative estimate of drug-likeness (QED) is 0.111. The van der Waals surface area contributed by atoms with E-state index in [0.717, 1.165) is 45.1 Å². The van der Waals surface area contributed by atoms with Crippen LogP contribution in [-0.2, 0) is 21.5 Å². The predicted octanol–water partition coefficient (Wildman–Crippen LogP) is 5.76. The van der Waals surface area contributed by atoms with Crippen LogP contribution < -0.4 is 8.92 Å². The van der Waals surface area contributed by atoms with Crippen LogP contribution in [0.2, 0.25) is 0 Å². The van der Waals surface area contributed by atoms with Gasteiger partial charge in [0.15, 0.2) is 16.4 Å². The fraction of sp³-hybridized carbons (Fsp3) is 0.0714. The summed E-state index contributed by atoms with van der Waals surface area (Å²) >= 11 is 0.795. The van der Waals surface area contributed by atoms with E-state index >= 15 is 0 Å². The van der Waals surface area contributed by atoms with Crippen LogP contribution in [0.4, 0.5) is 10.5 Å². The number of imide groups is 1. The number of rotatable bonds is 8. The van der Waals surface area contributed by atoms with Crippen LogP contribution in [0.25, 0.3) is 16.8 Å². The molecular weight excluding hydrogens is 556 g/mol. The molecular formula is C28H20N2O8S2. The molecule has 1 heterocycles. The Labute approximate surface area is 233 Å². The lowest BCUT2D eigenvalue weighted by molar-refractivity contribution is -0.387. The molecule has 10 nitrogen and oxygen atoms in total. The molecule has 0 unspecified atom stereocenters. The number of hydrogen-bond acceptors (Lipinski definition) is 9. The van der Waals surface area contributed by atoms with Gasteiger partial charge in [0.05, 0.1) is 23.5 Å². The molecule has 0 radical (unpaired) electrons. The van der Waals surface area contributed by atoms with Crippen molar-refractivity contribution in [1.82, 2.24) is 4.90 Å². The van der Waals surface area contributed by atoms with Crippen molar-refractivity contribution in [2.75, 3.05) is 7.11 Å². The zero-order valence-corrected chi connectivity index (χ0v) is 22.5. The van der Waals surface area contributed by atoms with Gasteiger partial charge in [-0.05, 0) is 64.0 Å². The van der Waals surface area contributed by atoms with Gasteiger partial charge in [0, 0.05) is 6.07 Å². The van der Waals surface area contributed by atoms with Gasteiger partial charge >= 0.3 is 10.1 Å². The highest BCUT2D eigenvalue weighted by molar-refractivity contribution is 8.18. The first-order valence-corrected chi connectivity index (χ1v) is 14.0. The minimum absolute atomic E-state index is 0.00583. The molecule has 0 bridgehead atoms. The molecule has 12 heteroatoms. The number of methoxy groups -OCH3 is 1. The van der Waals surface area contributed by atoms with Gasteiger partial charge in [0.25, 0.3) is 16.8 Å². The van der Waals surface area contributed by atoms with E-state index in [1.165, 1.54) is 43.5 Å². The monoisotopic (exact) mass is 576 g/mol. The summed E-state index contributed by atoms with van der Waals surface area (Å²) in [5.74, 6) is -0.657. The molecule has 1 aliphatic heterocycles. The molecule has 0 N–H and O–H groups in total. The van der Waals surface area contributed by atoms with E-state index in [1.54, 1.807) is 0 Å². The van der Waals surface area contributed by atoms with Crippen LogP contribution in [0, 0.1) is 10.1 Å². The van der Waals surface area contributed by atoms with E-state index < -0.39 is 36.8 Å². The zero-order valence-electron chi connectivity index (χ0n) is 20.8. The Morgan fingerprint density at radius 1 is 0.925 bits per heavy atom. The molecule has 4 aromatic carbocycles. The summed E-state index contributed by atoms with van der Waals surface area (Å²) in [7, 11) is -3.28. The van der Waals surface area contributed by atoms with Crippen LogP contribution in [0.15, 0.2) is 94.7 Å². The van der Waals surface area contributed by atoms with E-state index in [-0.39, 0.29) is 22.9 Å². The van der Waals surface area contributed by atoms with Gasteiger partial charge in [0.1, 0.15) is 0 Å². The summed E-state index contributed by atoms with van der Waals surface area (Å²) in [5.41, 5.74) is 0.631. The molecule has 202 valence electrons. The minimum Gasteiger partial charge on any atom is -0.493 e. The number of nitrogens with zero attached hydrogens (tertiary/aromatic N) is 2. The first kappa shape index (κ1) is 26.9. The fourth-order valence-corrected chi connectivity index (χ4v) is 6.08. The molecule has 5 rings (SSSR count). The van der Waals surface area contributed by atoms with Crippen molar-refractivity contribution in [2.45, 2.75) is 11.4 Å². The summed E-state index contributed by atoms with van der Waals surface area (Å²) in [5, 5.41) is 12.9. The second-order valence-corrected chi connectivity index (χ2v) is 11.1. The zero-order chi connectivity index (χ0) is 28.4. The maximum atomic E-state index is 13.1. The number of nitro benzene ring substituents is 1. The molecule has 1 saturated heterocycles. The lowest BCUT2D eigenvalue weighted by Gasteiger charge is -2.13. The maximum absolute atomic E-state index is 13.1. The van der Waals surface area contributed by atoms with Crippen LogP contribution in [0.5, 0.6) is 11.5 Å². The number of ether oxygens (including phenoxy) is 1. The Morgan fingerprint density at radius 3 is 2.40 bits per heavy atom. The van der Waals surface area contributed by atoms with Crippen molar-refractivity contribution < 1.29 is 31.9 Å². The summed E-state index contributed by atoms with van der Waals surface area (Å²) in [4.78, 5) is 36.9. The topological polar surface area (TPSA) is 133 Å². The number of para-hydroxylation sites is 1. The first-order chi connectivity index (χ1) is 19.2. The first-order valence-electron chi connectivity index (χ1n) is 11.8. The second kappa shape index (κ2) is 10.8. The number of nitro groups is 1. The van der Waals surface area contributed by atoms with Crippen molar-refractivity contribution in [3.05, 3.63) is 111 Å². The standard InChI is InChI=1S/C28H20N2O8S2/c1-37-24-15-18(11-13-23(24)38-40(35,36)26-9-5-4-8-22(26)30(33)34)16-25-27(31)29(28(32)39-25)17-19-10-12-20-6-2-3-7-21(20)14-19/h2-16H,17H2,1H3/b25-16-. The second-order valence-electron chi connectivity index (χ2n) is 8.62. The van der Waals surface area contributed by atoms with Crippen molar-refractivity contribution in [3.63, 3.8) is 0 Å². The minimum atomic E-state index is -4.57. The third-order valence-corrected chi connectivity index (χ3v) is 8.23. The van der Waals surface area contributed by atoms with Crippen LogP contribution in [0.3, 0.4) is 0 Å². The van der Waals surface area contributed by atoms with E-state index in [9.17, 15) is 28.1 Å². The number of carbonyl (C=O) groups excluding carboxylic acids is 2. The van der Waals surface area contributed by atoms with Crippen LogP contribution in [-0.4, -0.2) is 36.5 Å². The average molecular weight is 577 g/mol. The number of benzene rings is 4. The Bertz CT molecular complexity index is 1820. The lowest BCUT2D eigenvalue weighted by Crippen LogP contribution is -2.27. The highest BCUT2D eigenvalue weighted by atomic mass is 32.2. The molecule has 40 heavy (non-hydrogen) atoms. The van der Waals surface area contributed by atoms with Gasteiger partial charge in [-0.15, -0.1) is 0 Å². The third kappa shape index (κ3) is 5.40. The van der Waals surface area contributed by atoms with Crippen molar-refractivity contribution in [1.29, 1.82) is 0 Å².